The average molecular weight is 691 g/mol. The van der Waals surface area contributed by atoms with Crippen molar-refractivity contribution >= 4 is 29.4 Å². The third-order valence-electron chi connectivity index (χ3n) is 8.43. The summed E-state index contributed by atoms with van der Waals surface area (Å²) < 4.78 is 27.4. The van der Waals surface area contributed by atoms with Crippen LogP contribution in [-0.2, 0) is 42.9 Å². The summed E-state index contributed by atoms with van der Waals surface area (Å²) in [6.07, 6.45) is -1.41. The summed E-state index contributed by atoms with van der Waals surface area (Å²) in [6, 6.07) is 0. The van der Waals surface area contributed by atoms with E-state index in [2.05, 4.69) is 5.32 Å². The van der Waals surface area contributed by atoms with Gasteiger partial charge in [-0.1, -0.05) is 38.2 Å². The fourth-order valence-corrected chi connectivity index (χ4v) is 5.93. The van der Waals surface area contributed by atoms with Crippen LogP contribution in [0.1, 0.15) is 53.9 Å². The van der Waals surface area contributed by atoms with Gasteiger partial charge in [-0.05, 0) is 45.1 Å². The molecule has 0 radical (unpaired) electrons. The van der Waals surface area contributed by atoms with Crippen LogP contribution < -0.4 is 11.1 Å². The lowest BCUT2D eigenvalue weighted by Gasteiger charge is -2.30. The molecular weight excluding hydrogens is 640 g/mol. The van der Waals surface area contributed by atoms with Crippen molar-refractivity contribution in [3.63, 3.8) is 0 Å². The molecule has 0 aromatic heterocycles. The lowest BCUT2D eigenvalue weighted by atomic mass is 9.82. The van der Waals surface area contributed by atoms with Crippen LogP contribution in [0.25, 0.3) is 0 Å². The van der Waals surface area contributed by atoms with Crippen LogP contribution in [0.15, 0.2) is 58.1 Å². The Morgan fingerprint density at radius 1 is 1.06 bits per heavy atom. The van der Waals surface area contributed by atoms with Gasteiger partial charge in [0.2, 0.25) is 11.6 Å². The quantitative estimate of drug-likeness (QED) is 0.203. The van der Waals surface area contributed by atoms with E-state index in [1.807, 2.05) is 0 Å². The molecule has 5 N–H and O–H groups in total. The molecule has 2 amide bonds. The maximum atomic E-state index is 14.2. The number of Topliss-reactive ketones (excluding diaryl/α,β-unsaturated/α-hetero) is 3. The molecule has 1 heterocycles. The summed E-state index contributed by atoms with van der Waals surface area (Å²) in [5, 5.41) is 23.7. The first-order chi connectivity index (χ1) is 23.0. The van der Waals surface area contributed by atoms with Gasteiger partial charge in [-0.15, -0.1) is 0 Å². The standard InChI is InChI=1S/C35H50N2O12/c1-17-13-22-29(41)27(26(30(42)32(22)47-8)33(48-9)23(39)16-21(5)38)37-34(43)18(2)11-10-12-24(45-6)31(49-35(36)44)20(4)15-19(3)28(40)25(14-17)46-7/h10-12,15,17,19,21,24-25,28,31,33,38,40H,13-14,16H2,1-9H3,(H2,36,44)(H,37,43)/b12-10?,18-11+,20-15+/t17-,19+,21-,24+,25+,28-,31+,33-/m1/s1. The van der Waals surface area contributed by atoms with Crippen LogP contribution in [0, 0.1) is 11.8 Å². The topological polar surface area (TPSA) is 210 Å². The Bertz CT molecular complexity index is 1420. The molecule has 0 aromatic carbocycles. The van der Waals surface area contributed by atoms with E-state index in [1.54, 1.807) is 26.8 Å². The number of ketones is 3. The van der Waals surface area contributed by atoms with Gasteiger partial charge in [-0.3, -0.25) is 19.2 Å². The molecule has 272 valence electrons. The highest BCUT2D eigenvalue weighted by Gasteiger charge is 2.43. The van der Waals surface area contributed by atoms with Gasteiger partial charge in [0, 0.05) is 44.8 Å². The molecule has 2 rings (SSSR count). The number of primary amides is 1. The summed E-state index contributed by atoms with van der Waals surface area (Å²) >= 11 is 0. The van der Waals surface area contributed by atoms with Crippen molar-refractivity contribution < 1.29 is 57.9 Å². The summed E-state index contributed by atoms with van der Waals surface area (Å²) in [4.78, 5) is 66.7. The zero-order valence-electron chi connectivity index (χ0n) is 29.6. The van der Waals surface area contributed by atoms with Gasteiger partial charge >= 0.3 is 6.09 Å². The van der Waals surface area contributed by atoms with Gasteiger partial charge in [0.1, 0.15) is 12.2 Å². The molecule has 0 spiro atoms. The van der Waals surface area contributed by atoms with Crippen molar-refractivity contribution in [3.8, 4) is 0 Å². The average Bonchev–Trinajstić information content (AvgIpc) is 3.03. The van der Waals surface area contributed by atoms with Crippen molar-refractivity contribution in [3.05, 3.63) is 58.1 Å². The molecule has 1 aliphatic carbocycles. The second kappa shape index (κ2) is 18.7. The van der Waals surface area contributed by atoms with Crippen molar-refractivity contribution in [2.75, 3.05) is 28.4 Å². The van der Waals surface area contributed by atoms with Crippen LogP contribution in [-0.4, -0.2) is 105 Å². The predicted octanol–water partition coefficient (Wildman–Crippen LogP) is 2.13. The maximum Gasteiger partial charge on any atom is 0.405 e. The number of aliphatic hydroxyl groups excluding tert-OH is 2. The second-order valence-corrected chi connectivity index (χ2v) is 12.4. The SMILES string of the molecule is COC1=C2C[C@@H](C)C[C@H](OC)[C@H](O)[C@@H](C)/C=C(\C)[C@H](OC(N)=O)[C@@H](OC)C=C/C=C(\C)C(=O)NC(=C([C@H](OC)C(=O)C[C@@H](C)O)C1=O)C2=O. The summed E-state index contributed by atoms with van der Waals surface area (Å²) in [5.41, 5.74) is 5.06. The lowest BCUT2D eigenvalue weighted by molar-refractivity contribution is -0.131. The molecule has 8 atom stereocenters. The highest BCUT2D eigenvalue weighted by atomic mass is 16.6. The van der Waals surface area contributed by atoms with Gasteiger partial charge in [-0.25, -0.2) is 4.79 Å². The number of fused-ring (bicyclic) bond motifs is 2. The number of ether oxygens (including phenoxy) is 5. The van der Waals surface area contributed by atoms with E-state index < -0.39 is 83.2 Å². The minimum absolute atomic E-state index is 0.0168. The highest BCUT2D eigenvalue weighted by molar-refractivity contribution is 6.27. The predicted molar refractivity (Wildman–Crippen MR) is 178 cm³/mol. The van der Waals surface area contributed by atoms with E-state index in [4.69, 9.17) is 29.4 Å². The number of amides is 2. The molecule has 0 fully saturated rings. The number of carbonyl (C=O) groups is 5. The highest BCUT2D eigenvalue weighted by Crippen LogP contribution is 2.33. The molecular formula is C35H50N2O12. The van der Waals surface area contributed by atoms with Crippen LogP contribution in [0.5, 0.6) is 0 Å². The Labute approximate surface area is 287 Å². The summed E-state index contributed by atoms with van der Waals surface area (Å²) in [5.74, 6) is -4.26. The first-order valence-electron chi connectivity index (χ1n) is 15.9. The summed E-state index contributed by atoms with van der Waals surface area (Å²) in [6.45, 7) is 8.10. The van der Waals surface area contributed by atoms with Crippen LogP contribution in [0.2, 0.25) is 0 Å². The Kier molecular flexibility index (Phi) is 15.7. The van der Waals surface area contributed by atoms with Crippen LogP contribution in [0.4, 0.5) is 4.79 Å². The Morgan fingerprint density at radius 3 is 2.24 bits per heavy atom. The van der Waals surface area contributed by atoms with Gasteiger partial charge in [0.15, 0.2) is 17.6 Å². The minimum atomic E-state index is -1.61. The normalized spacial score (nSPS) is 29.7. The largest absolute Gasteiger partial charge is 0.492 e. The molecule has 14 heteroatoms. The van der Waals surface area contributed by atoms with E-state index in [0.717, 1.165) is 0 Å². The molecule has 49 heavy (non-hydrogen) atoms. The second-order valence-electron chi connectivity index (χ2n) is 12.4. The number of aliphatic hydroxyl groups is 2. The summed E-state index contributed by atoms with van der Waals surface area (Å²) in [7, 11) is 5.21. The van der Waals surface area contributed by atoms with Crippen molar-refractivity contribution in [2.24, 2.45) is 17.6 Å². The molecule has 0 saturated carbocycles. The number of hydrogen-bond donors (Lipinski definition) is 4. The van der Waals surface area contributed by atoms with Gasteiger partial charge in [-0.2, -0.15) is 0 Å². The van der Waals surface area contributed by atoms with Crippen molar-refractivity contribution in [2.45, 2.75) is 90.5 Å². The van der Waals surface area contributed by atoms with Crippen LogP contribution >= 0.6 is 0 Å². The first kappa shape index (κ1) is 41.2. The Balaban J connectivity index is 2.83. The fourth-order valence-electron chi connectivity index (χ4n) is 5.93. The number of allylic oxidation sites excluding steroid dienone is 4. The van der Waals surface area contributed by atoms with Crippen molar-refractivity contribution in [1.82, 2.24) is 5.32 Å². The van der Waals surface area contributed by atoms with Gasteiger partial charge < -0.3 is 44.9 Å². The van der Waals surface area contributed by atoms with E-state index in [9.17, 15) is 34.2 Å². The minimum Gasteiger partial charge on any atom is -0.492 e. The number of hydrogen-bond acceptors (Lipinski definition) is 12. The third-order valence-corrected chi connectivity index (χ3v) is 8.43. The number of rotatable bonds is 9. The molecule has 2 bridgehead atoms. The zero-order valence-corrected chi connectivity index (χ0v) is 29.6. The van der Waals surface area contributed by atoms with Crippen molar-refractivity contribution in [1.29, 1.82) is 0 Å². The number of carbonyl (C=O) groups excluding carboxylic acids is 5. The molecule has 0 unspecified atom stereocenters. The number of methoxy groups -OCH3 is 4. The maximum absolute atomic E-state index is 14.2. The van der Waals surface area contributed by atoms with E-state index in [1.165, 1.54) is 60.5 Å². The Hall–Kier alpha value is -3.95. The molecule has 1 aliphatic heterocycles. The number of nitrogens with one attached hydrogen (secondary N) is 1. The smallest absolute Gasteiger partial charge is 0.405 e. The van der Waals surface area contributed by atoms with Gasteiger partial charge in [0.05, 0.1) is 36.7 Å². The van der Waals surface area contributed by atoms with Gasteiger partial charge in [0.25, 0.3) is 5.91 Å². The Morgan fingerprint density at radius 2 is 1.71 bits per heavy atom. The van der Waals surface area contributed by atoms with E-state index in [-0.39, 0.29) is 42.1 Å². The molecule has 2 aliphatic rings. The zero-order chi connectivity index (χ0) is 37.2. The van der Waals surface area contributed by atoms with Crippen LogP contribution in [0.3, 0.4) is 0 Å². The third kappa shape index (κ3) is 10.5. The fraction of sp³-hybridized carbons (Fsp3) is 0.571. The lowest BCUT2D eigenvalue weighted by Crippen LogP contribution is -2.42. The molecule has 0 aromatic rings. The van der Waals surface area contributed by atoms with E-state index in [0.29, 0.717) is 5.57 Å². The monoisotopic (exact) mass is 690 g/mol. The van der Waals surface area contributed by atoms with E-state index >= 15 is 0 Å². The molecule has 14 nitrogen and oxygen atoms in total. The number of nitrogens with two attached hydrogens (primary N) is 1. The molecule has 0 saturated heterocycles. The first-order valence-corrected chi connectivity index (χ1v) is 15.9.